The molecule has 1 heterocycles. The summed E-state index contributed by atoms with van der Waals surface area (Å²) < 4.78 is 27.6. The van der Waals surface area contributed by atoms with E-state index in [2.05, 4.69) is 15.5 Å². The molecule has 0 spiro atoms. The van der Waals surface area contributed by atoms with Crippen LogP contribution in [0.2, 0.25) is 0 Å². The lowest BCUT2D eigenvalue weighted by atomic mass is 9.92. The number of halogens is 2. The molecule has 7 heteroatoms. The molecule has 0 unspecified atom stereocenters. The second-order valence-corrected chi connectivity index (χ2v) is 3.90. The maximum absolute atomic E-state index is 12.8. The van der Waals surface area contributed by atoms with Crippen LogP contribution < -0.4 is 0 Å². The first-order valence-corrected chi connectivity index (χ1v) is 4.87. The Morgan fingerprint density at radius 1 is 1.43 bits per heavy atom. The highest BCUT2D eigenvalue weighted by Crippen LogP contribution is 2.37. The highest BCUT2D eigenvalue weighted by Gasteiger charge is 2.35. The molecule has 2 rings (SSSR count). The van der Waals surface area contributed by atoms with Crippen molar-refractivity contribution in [2.24, 2.45) is 0 Å². The van der Waals surface area contributed by atoms with Gasteiger partial charge in [-0.1, -0.05) is 10.3 Å². The molecule has 4 nitrogen and oxygen atoms in total. The summed E-state index contributed by atoms with van der Waals surface area (Å²) in [7, 11) is 0. The van der Waals surface area contributed by atoms with Gasteiger partial charge in [0.1, 0.15) is 0 Å². The molecule has 0 amide bonds. The lowest BCUT2D eigenvalue weighted by Gasteiger charge is -2.27. The zero-order valence-corrected chi connectivity index (χ0v) is 8.23. The number of rotatable bonds is 1. The Hall–Kier alpha value is -0.850. The van der Waals surface area contributed by atoms with Crippen molar-refractivity contribution in [3.8, 4) is 0 Å². The van der Waals surface area contributed by atoms with Crippen molar-refractivity contribution in [1.82, 2.24) is 20.2 Å². The molecular weight excluding hydrogens is 210 g/mol. The second-order valence-electron chi connectivity index (χ2n) is 3.54. The summed E-state index contributed by atoms with van der Waals surface area (Å²) in [6.45, 7) is 0. The van der Waals surface area contributed by atoms with E-state index in [4.69, 9.17) is 12.2 Å². The minimum absolute atomic E-state index is 0.00266. The number of aromatic nitrogens is 4. The first-order valence-electron chi connectivity index (χ1n) is 4.46. The number of nitrogens with one attached hydrogen (secondary N) is 1. The van der Waals surface area contributed by atoms with Gasteiger partial charge in [-0.2, -0.15) is 5.21 Å². The molecule has 0 radical (unpaired) electrons. The van der Waals surface area contributed by atoms with Crippen LogP contribution in [0.4, 0.5) is 8.78 Å². The highest BCUT2D eigenvalue weighted by molar-refractivity contribution is 7.71. The Balaban J connectivity index is 2.10. The van der Waals surface area contributed by atoms with Crippen molar-refractivity contribution in [3.63, 3.8) is 0 Å². The molecule has 0 bridgehead atoms. The molecule has 0 saturated heterocycles. The standard InChI is InChI=1S/C7H10F2N4S/c8-7(9)3-1-5(2-4-7)13-6(14)10-11-12-13/h5H,1-4H2,(H,10,12,14). The molecule has 1 aliphatic rings. The second kappa shape index (κ2) is 3.38. The van der Waals surface area contributed by atoms with Crippen molar-refractivity contribution in [2.45, 2.75) is 37.6 Å². The van der Waals surface area contributed by atoms with Crippen molar-refractivity contribution in [1.29, 1.82) is 0 Å². The summed E-state index contributed by atoms with van der Waals surface area (Å²) in [6.07, 6.45) is 0.674. The van der Waals surface area contributed by atoms with Gasteiger partial charge in [0.05, 0.1) is 6.04 Å². The fourth-order valence-electron chi connectivity index (χ4n) is 1.73. The maximum Gasteiger partial charge on any atom is 0.248 e. The van der Waals surface area contributed by atoms with E-state index in [0.717, 1.165) is 0 Å². The van der Waals surface area contributed by atoms with Crippen molar-refractivity contribution < 1.29 is 8.78 Å². The Labute approximate surface area is 84.3 Å². The molecule has 1 fully saturated rings. The number of hydrogen-bond acceptors (Lipinski definition) is 3. The molecule has 1 aromatic rings. The van der Waals surface area contributed by atoms with E-state index in [1.165, 1.54) is 0 Å². The summed E-state index contributed by atoms with van der Waals surface area (Å²) in [5, 5.41) is 9.75. The van der Waals surface area contributed by atoms with Crippen LogP contribution in [-0.4, -0.2) is 26.1 Å². The summed E-state index contributed by atoms with van der Waals surface area (Å²) in [5.41, 5.74) is 0. The van der Waals surface area contributed by atoms with E-state index < -0.39 is 5.92 Å². The van der Waals surface area contributed by atoms with Crippen LogP contribution in [0.15, 0.2) is 0 Å². The fourth-order valence-corrected chi connectivity index (χ4v) is 1.96. The summed E-state index contributed by atoms with van der Waals surface area (Å²) in [4.78, 5) is 0. The van der Waals surface area contributed by atoms with Crippen molar-refractivity contribution in [2.75, 3.05) is 0 Å². The largest absolute Gasteiger partial charge is 0.248 e. The zero-order valence-electron chi connectivity index (χ0n) is 7.41. The van der Waals surface area contributed by atoms with Gasteiger partial charge >= 0.3 is 0 Å². The summed E-state index contributed by atoms with van der Waals surface area (Å²) in [6, 6.07) is -0.00266. The zero-order chi connectivity index (χ0) is 10.2. The Morgan fingerprint density at radius 3 is 2.57 bits per heavy atom. The lowest BCUT2D eigenvalue weighted by molar-refractivity contribution is -0.0452. The van der Waals surface area contributed by atoms with Crippen LogP contribution >= 0.6 is 12.2 Å². The molecule has 1 aromatic heterocycles. The molecule has 14 heavy (non-hydrogen) atoms. The molecule has 0 aromatic carbocycles. The van der Waals surface area contributed by atoms with E-state index in [-0.39, 0.29) is 18.9 Å². The number of hydrogen-bond donors (Lipinski definition) is 1. The number of tetrazole rings is 1. The van der Waals surface area contributed by atoms with E-state index in [1.54, 1.807) is 4.68 Å². The Bertz CT molecular complexity index is 362. The Kier molecular flexibility index (Phi) is 2.34. The Morgan fingerprint density at radius 2 is 2.07 bits per heavy atom. The van der Waals surface area contributed by atoms with Gasteiger partial charge in [0.15, 0.2) is 0 Å². The molecule has 1 aliphatic carbocycles. The third-order valence-corrected chi connectivity index (χ3v) is 2.82. The average Bonchev–Trinajstić information content (AvgIpc) is 2.52. The van der Waals surface area contributed by atoms with Gasteiger partial charge in [0.2, 0.25) is 10.7 Å². The molecule has 1 N–H and O–H groups in total. The minimum Gasteiger partial charge on any atom is -0.239 e. The number of nitrogens with zero attached hydrogens (tertiary/aromatic N) is 3. The monoisotopic (exact) mass is 220 g/mol. The van der Waals surface area contributed by atoms with Crippen LogP contribution in [0.1, 0.15) is 31.7 Å². The van der Waals surface area contributed by atoms with Crippen LogP contribution in [-0.2, 0) is 0 Å². The van der Waals surface area contributed by atoms with Crippen LogP contribution in [0.5, 0.6) is 0 Å². The maximum atomic E-state index is 12.8. The topological polar surface area (TPSA) is 46.5 Å². The third kappa shape index (κ3) is 1.82. The first kappa shape index (κ1) is 9.70. The first-order chi connectivity index (χ1) is 6.58. The molecule has 0 atom stereocenters. The molecular formula is C7H10F2N4S. The van der Waals surface area contributed by atoms with Gasteiger partial charge in [-0.15, -0.1) is 0 Å². The van der Waals surface area contributed by atoms with Crippen molar-refractivity contribution >= 4 is 12.2 Å². The van der Waals surface area contributed by atoms with Gasteiger partial charge < -0.3 is 0 Å². The van der Waals surface area contributed by atoms with E-state index in [0.29, 0.717) is 17.6 Å². The normalized spacial score (nSPS) is 22.4. The molecule has 1 saturated carbocycles. The summed E-state index contributed by atoms with van der Waals surface area (Å²) >= 11 is 4.89. The lowest BCUT2D eigenvalue weighted by Crippen LogP contribution is -2.26. The fraction of sp³-hybridized carbons (Fsp3) is 0.857. The van der Waals surface area contributed by atoms with Gasteiger partial charge in [0, 0.05) is 12.8 Å². The molecule has 0 aliphatic heterocycles. The van der Waals surface area contributed by atoms with E-state index >= 15 is 0 Å². The number of H-pyrrole nitrogens is 1. The van der Waals surface area contributed by atoms with Crippen LogP contribution in [0, 0.1) is 4.77 Å². The smallest absolute Gasteiger partial charge is 0.239 e. The van der Waals surface area contributed by atoms with Gasteiger partial charge in [-0.05, 0) is 25.1 Å². The third-order valence-electron chi connectivity index (χ3n) is 2.55. The predicted molar refractivity (Wildman–Crippen MR) is 47.7 cm³/mol. The molecule has 78 valence electrons. The minimum atomic E-state index is -2.51. The SMILES string of the molecule is FC1(F)CCC(n2[nH]nnc2=S)CC1. The average molecular weight is 220 g/mol. The summed E-state index contributed by atoms with van der Waals surface area (Å²) in [5.74, 6) is -2.51. The quantitative estimate of drug-likeness (QED) is 0.737. The van der Waals surface area contributed by atoms with Crippen LogP contribution in [0.25, 0.3) is 0 Å². The van der Waals surface area contributed by atoms with Gasteiger partial charge in [0.25, 0.3) is 0 Å². The van der Waals surface area contributed by atoms with Gasteiger partial charge in [-0.3, -0.25) is 0 Å². The number of alkyl halides is 2. The highest BCUT2D eigenvalue weighted by atomic mass is 32.1. The predicted octanol–water partition coefficient (Wildman–Crippen LogP) is 2.09. The van der Waals surface area contributed by atoms with Crippen LogP contribution in [0.3, 0.4) is 0 Å². The van der Waals surface area contributed by atoms with Gasteiger partial charge in [-0.25, -0.2) is 13.5 Å². The number of aromatic amines is 1. The van der Waals surface area contributed by atoms with Crippen molar-refractivity contribution in [3.05, 3.63) is 4.77 Å². The van der Waals surface area contributed by atoms with E-state index in [1.807, 2.05) is 0 Å². The van der Waals surface area contributed by atoms with E-state index in [9.17, 15) is 8.78 Å².